The topological polar surface area (TPSA) is 107 Å². The van der Waals surface area contributed by atoms with E-state index < -0.39 is 20.6 Å². The molecule has 21 heavy (non-hydrogen) atoms. The Morgan fingerprint density at radius 3 is 2.43 bits per heavy atom. The first-order valence-electron chi connectivity index (χ1n) is 6.83. The Balaban J connectivity index is 2.30. The van der Waals surface area contributed by atoms with Gasteiger partial charge in [-0.15, -0.1) is 0 Å². The molecule has 0 atom stereocenters. The highest BCUT2D eigenvalue weighted by Gasteiger charge is 2.37. The van der Waals surface area contributed by atoms with Gasteiger partial charge in [-0.2, -0.15) is 4.31 Å². The molecule has 2 N–H and O–H groups in total. The molecular weight excluding hydrogens is 294 g/mol. The Morgan fingerprint density at radius 2 is 1.90 bits per heavy atom. The van der Waals surface area contributed by atoms with Crippen molar-refractivity contribution in [2.24, 2.45) is 5.73 Å². The minimum absolute atomic E-state index is 0.254. The zero-order valence-electron chi connectivity index (χ0n) is 11.9. The van der Waals surface area contributed by atoms with Crippen LogP contribution in [-0.2, 0) is 10.0 Å². The van der Waals surface area contributed by atoms with Crippen molar-refractivity contribution >= 4 is 15.7 Å². The summed E-state index contributed by atoms with van der Waals surface area (Å²) in [6.45, 7) is 2.56. The third-order valence-electron chi connectivity index (χ3n) is 4.10. The molecule has 1 aliphatic heterocycles. The van der Waals surface area contributed by atoms with Crippen molar-refractivity contribution in [1.29, 1.82) is 0 Å². The third kappa shape index (κ3) is 3.07. The number of piperidine rings is 1. The first-order valence-corrected chi connectivity index (χ1v) is 8.27. The van der Waals surface area contributed by atoms with Crippen LogP contribution in [0.5, 0.6) is 0 Å². The molecule has 0 unspecified atom stereocenters. The monoisotopic (exact) mass is 313 g/mol. The van der Waals surface area contributed by atoms with Crippen molar-refractivity contribution in [3.63, 3.8) is 0 Å². The van der Waals surface area contributed by atoms with E-state index >= 15 is 0 Å². The normalized spacial score (nSPS) is 19.3. The smallest absolute Gasteiger partial charge is 0.289 e. The lowest BCUT2D eigenvalue weighted by Gasteiger charge is -2.37. The highest BCUT2D eigenvalue weighted by molar-refractivity contribution is 7.89. The van der Waals surface area contributed by atoms with Crippen LogP contribution in [-0.4, -0.2) is 36.3 Å². The summed E-state index contributed by atoms with van der Waals surface area (Å²) >= 11 is 0. The quantitative estimate of drug-likeness (QED) is 0.669. The second-order valence-electron chi connectivity index (χ2n) is 5.34. The second-order valence-corrected chi connectivity index (χ2v) is 7.25. The van der Waals surface area contributed by atoms with E-state index in [4.69, 9.17) is 5.73 Å². The van der Waals surface area contributed by atoms with Crippen LogP contribution in [0.25, 0.3) is 0 Å². The number of nitro benzene ring substituents is 1. The van der Waals surface area contributed by atoms with E-state index in [1.54, 1.807) is 0 Å². The number of benzene rings is 1. The molecule has 0 aromatic heterocycles. The predicted octanol–water partition coefficient (Wildman–Crippen LogP) is 1.49. The summed E-state index contributed by atoms with van der Waals surface area (Å²) in [6, 6.07) is 5.42. The Hall–Kier alpha value is -1.51. The summed E-state index contributed by atoms with van der Waals surface area (Å²) in [5.74, 6) is 0. The van der Waals surface area contributed by atoms with Crippen molar-refractivity contribution < 1.29 is 13.3 Å². The minimum Gasteiger partial charge on any atom is -0.325 e. The molecule has 2 rings (SSSR count). The Bertz CT molecular complexity index is 637. The summed E-state index contributed by atoms with van der Waals surface area (Å²) in [6.07, 6.45) is 1.90. The van der Waals surface area contributed by atoms with Crippen LogP contribution in [0.2, 0.25) is 0 Å². The molecule has 7 nitrogen and oxygen atoms in total. The largest absolute Gasteiger partial charge is 0.325 e. The van der Waals surface area contributed by atoms with Crippen LogP contribution in [0.3, 0.4) is 0 Å². The van der Waals surface area contributed by atoms with Gasteiger partial charge in [0.1, 0.15) is 0 Å². The fourth-order valence-electron chi connectivity index (χ4n) is 2.49. The van der Waals surface area contributed by atoms with Crippen LogP contribution in [0.4, 0.5) is 5.69 Å². The van der Waals surface area contributed by atoms with Gasteiger partial charge >= 0.3 is 0 Å². The number of para-hydroxylation sites is 1. The Kier molecular flexibility index (Phi) is 4.31. The lowest BCUT2D eigenvalue weighted by molar-refractivity contribution is -0.387. The predicted molar refractivity (Wildman–Crippen MR) is 78.3 cm³/mol. The molecule has 1 aromatic rings. The first-order chi connectivity index (χ1) is 9.80. The maximum atomic E-state index is 12.6. The summed E-state index contributed by atoms with van der Waals surface area (Å²) in [5, 5.41) is 11.0. The second kappa shape index (κ2) is 5.70. The molecule has 0 saturated carbocycles. The summed E-state index contributed by atoms with van der Waals surface area (Å²) in [5.41, 5.74) is 5.42. The van der Waals surface area contributed by atoms with E-state index in [0.717, 1.165) is 6.42 Å². The van der Waals surface area contributed by atoms with Crippen molar-refractivity contribution in [3.8, 4) is 0 Å². The minimum atomic E-state index is -3.86. The SMILES string of the molecule is CCC1(N)CCN(S(=O)(=O)c2ccccc2[N+](=O)[O-])CC1. The van der Waals surface area contributed by atoms with Crippen LogP contribution in [0, 0.1) is 10.1 Å². The lowest BCUT2D eigenvalue weighted by Crippen LogP contribution is -2.51. The number of rotatable bonds is 4. The van der Waals surface area contributed by atoms with E-state index in [0.29, 0.717) is 25.9 Å². The van der Waals surface area contributed by atoms with Gasteiger partial charge in [0.2, 0.25) is 10.0 Å². The lowest BCUT2D eigenvalue weighted by atomic mass is 9.87. The van der Waals surface area contributed by atoms with E-state index in [-0.39, 0.29) is 10.4 Å². The maximum Gasteiger partial charge on any atom is 0.289 e. The number of hydrogen-bond donors (Lipinski definition) is 1. The fraction of sp³-hybridized carbons (Fsp3) is 0.538. The van der Waals surface area contributed by atoms with Gasteiger partial charge < -0.3 is 5.73 Å². The van der Waals surface area contributed by atoms with E-state index in [2.05, 4.69) is 0 Å². The van der Waals surface area contributed by atoms with Crippen LogP contribution < -0.4 is 5.73 Å². The van der Waals surface area contributed by atoms with Gasteiger partial charge in [-0.1, -0.05) is 19.1 Å². The standard InChI is InChI=1S/C13H19N3O4S/c1-2-13(14)7-9-15(10-8-13)21(19,20)12-6-4-3-5-11(12)16(17)18/h3-6H,2,7-10,14H2,1H3. The molecule has 1 aromatic carbocycles. The van der Waals surface area contributed by atoms with Crippen LogP contribution in [0.15, 0.2) is 29.2 Å². The van der Waals surface area contributed by atoms with Gasteiger partial charge in [-0.05, 0) is 25.3 Å². The van der Waals surface area contributed by atoms with Gasteiger partial charge in [0.05, 0.1) is 4.92 Å². The fourth-order valence-corrected chi connectivity index (χ4v) is 4.09. The van der Waals surface area contributed by atoms with E-state index in [1.165, 1.54) is 28.6 Å². The van der Waals surface area contributed by atoms with Gasteiger partial charge in [0, 0.05) is 24.7 Å². The van der Waals surface area contributed by atoms with E-state index in [1.807, 2.05) is 6.92 Å². The van der Waals surface area contributed by atoms with Crippen LogP contribution >= 0.6 is 0 Å². The maximum absolute atomic E-state index is 12.6. The Labute approximate surface area is 123 Å². The molecule has 0 bridgehead atoms. The molecule has 0 amide bonds. The van der Waals surface area contributed by atoms with Crippen LogP contribution in [0.1, 0.15) is 26.2 Å². The molecular formula is C13H19N3O4S. The molecule has 0 spiro atoms. The summed E-state index contributed by atoms with van der Waals surface area (Å²) in [4.78, 5) is 10.1. The van der Waals surface area contributed by atoms with Gasteiger partial charge in [0.25, 0.3) is 5.69 Å². The number of hydrogen-bond acceptors (Lipinski definition) is 5. The average Bonchev–Trinajstić information content (AvgIpc) is 2.47. The Morgan fingerprint density at radius 1 is 1.33 bits per heavy atom. The number of nitrogens with zero attached hydrogens (tertiary/aromatic N) is 2. The molecule has 1 heterocycles. The number of sulfonamides is 1. The van der Waals surface area contributed by atoms with Gasteiger partial charge in [0.15, 0.2) is 4.90 Å². The van der Waals surface area contributed by atoms with Crippen molar-refractivity contribution in [2.75, 3.05) is 13.1 Å². The van der Waals surface area contributed by atoms with E-state index in [9.17, 15) is 18.5 Å². The molecule has 0 radical (unpaired) electrons. The summed E-state index contributed by atoms with van der Waals surface area (Å²) in [7, 11) is -3.86. The molecule has 0 aliphatic carbocycles. The van der Waals surface area contributed by atoms with Gasteiger partial charge in [-0.25, -0.2) is 8.42 Å². The molecule has 116 valence electrons. The number of nitrogens with two attached hydrogens (primary N) is 1. The molecule has 1 fully saturated rings. The number of nitro groups is 1. The summed E-state index contributed by atoms with van der Waals surface area (Å²) < 4.78 is 26.5. The van der Waals surface area contributed by atoms with Crippen molar-refractivity contribution in [1.82, 2.24) is 4.31 Å². The highest BCUT2D eigenvalue weighted by atomic mass is 32.2. The van der Waals surface area contributed by atoms with Crippen molar-refractivity contribution in [3.05, 3.63) is 34.4 Å². The zero-order chi connectivity index (χ0) is 15.7. The van der Waals surface area contributed by atoms with Gasteiger partial charge in [-0.3, -0.25) is 10.1 Å². The molecule has 1 aliphatic rings. The molecule has 8 heteroatoms. The van der Waals surface area contributed by atoms with Crippen molar-refractivity contribution in [2.45, 2.75) is 36.6 Å². The third-order valence-corrected chi connectivity index (χ3v) is 6.05. The average molecular weight is 313 g/mol. The first kappa shape index (κ1) is 15.9. The zero-order valence-corrected chi connectivity index (χ0v) is 12.7. The highest BCUT2D eigenvalue weighted by Crippen LogP contribution is 2.30. The molecule has 1 saturated heterocycles.